The van der Waals surface area contributed by atoms with Crippen molar-refractivity contribution in [2.24, 2.45) is 0 Å². The van der Waals surface area contributed by atoms with E-state index in [4.69, 9.17) is 11.6 Å². The molecule has 0 spiro atoms. The Kier molecular flexibility index (Phi) is 3.60. The summed E-state index contributed by atoms with van der Waals surface area (Å²) in [6.45, 7) is 0. The molecule has 0 atom stereocenters. The molecule has 2 aromatic rings. The smallest absolute Gasteiger partial charge is 0.298 e. The minimum Gasteiger partial charge on any atom is -0.298 e. The van der Waals surface area contributed by atoms with Gasteiger partial charge in [-0.05, 0) is 31.4 Å². The summed E-state index contributed by atoms with van der Waals surface area (Å²) in [5, 5.41) is 14.1. The van der Waals surface area contributed by atoms with Crippen LogP contribution in [-0.2, 0) is 12.8 Å². The standard InChI is InChI=1S/C13H10ClN3O3S/c14-8-4-1-3-7(11(8)17(19)20)12(18)16-13-15-9-5-2-6-10(9)21-13/h1,3-4H,2,5-6H2,(H,15,16,18). The normalized spacial score (nSPS) is 13.0. The molecule has 8 heteroatoms. The van der Waals surface area contributed by atoms with Crippen LogP contribution in [0.3, 0.4) is 0 Å². The Morgan fingerprint density at radius 1 is 1.43 bits per heavy atom. The highest BCUT2D eigenvalue weighted by Gasteiger charge is 2.25. The van der Waals surface area contributed by atoms with Gasteiger partial charge in [-0.1, -0.05) is 17.7 Å². The maximum absolute atomic E-state index is 12.2. The number of aryl methyl sites for hydroxylation is 2. The van der Waals surface area contributed by atoms with Gasteiger partial charge in [-0.3, -0.25) is 20.2 Å². The number of fused-ring (bicyclic) bond motifs is 1. The molecule has 0 unspecified atom stereocenters. The Labute approximate surface area is 128 Å². The fourth-order valence-corrected chi connectivity index (χ4v) is 3.58. The lowest BCUT2D eigenvalue weighted by Gasteiger charge is -2.04. The Bertz CT molecular complexity index is 723. The number of nitro benzene ring substituents is 1. The number of rotatable bonds is 3. The first-order chi connectivity index (χ1) is 10.1. The molecule has 0 bridgehead atoms. The number of thiazole rings is 1. The number of nitrogens with zero attached hydrogens (tertiary/aromatic N) is 2. The van der Waals surface area contributed by atoms with Crippen LogP contribution in [0.5, 0.6) is 0 Å². The molecule has 0 radical (unpaired) electrons. The van der Waals surface area contributed by atoms with E-state index in [9.17, 15) is 14.9 Å². The van der Waals surface area contributed by atoms with Gasteiger partial charge in [0.15, 0.2) is 5.13 Å². The molecule has 3 rings (SSSR count). The van der Waals surface area contributed by atoms with Crippen LogP contribution < -0.4 is 5.32 Å². The van der Waals surface area contributed by atoms with Crippen LogP contribution >= 0.6 is 22.9 Å². The number of nitro groups is 1. The summed E-state index contributed by atoms with van der Waals surface area (Å²) in [6.07, 6.45) is 2.97. The summed E-state index contributed by atoms with van der Waals surface area (Å²) in [6, 6.07) is 4.27. The van der Waals surface area contributed by atoms with E-state index in [0.29, 0.717) is 5.13 Å². The lowest BCUT2D eigenvalue weighted by molar-refractivity contribution is -0.385. The van der Waals surface area contributed by atoms with Crippen LogP contribution in [0.25, 0.3) is 0 Å². The van der Waals surface area contributed by atoms with E-state index in [1.807, 2.05) is 0 Å². The predicted octanol–water partition coefficient (Wildman–Crippen LogP) is 3.45. The van der Waals surface area contributed by atoms with E-state index in [0.717, 1.165) is 25.0 Å². The zero-order valence-electron chi connectivity index (χ0n) is 10.8. The minimum absolute atomic E-state index is 0.0608. The number of para-hydroxylation sites is 1. The van der Waals surface area contributed by atoms with Gasteiger partial charge < -0.3 is 0 Å². The monoisotopic (exact) mass is 323 g/mol. The molecule has 108 valence electrons. The fraction of sp³-hybridized carbons (Fsp3) is 0.231. The van der Waals surface area contributed by atoms with E-state index in [-0.39, 0.29) is 16.3 Å². The molecule has 0 saturated heterocycles. The van der Waals surface area contributed by atoms with E-state index in [1.54, 1.807) is 0 Å². The van der Waals surface area contributed by atoms with Crippen molar-refractivity contribution in [3.05, 3.63) is 49.5 Å². The molecule has 1 N–H and O–H groups in total. The SMILES string of the molecule is O=C(Nc1nc2c(s1)CCC2)c1cccc(Cl)c1[N+](=O)[O-]. The Morgan fingerprint density at radius 3 is 2.95 bits per heavy atom. The van der Waals surface area contributed by atoms with E-state index in [1.165, 1.54) is 34.4 Å². The lowest BCUT2D eigenvalue weighted by Crippen LogP contribution is -2.14. The second-order valence-electron chi connectivity index (χ2n) is 4.59. The number of hydrogen-bond donors (Lipinski definition) is 1. The summed E-state index contributed by atoms with van der Waals surface area (Å²) in [5.41, 5.74) is 0.555. The Balaban J connectivity index is 1.88. The Hall–Kier alpha value is -1.99. The number of carbonyl (C=O) groups is 1. The molecule has 6 nitrogen and oxygen atoms in total. The topological polar surface area (TPSA) is 85.1 Å². The molecule has 0 aliphatic heterocycles. The van der Waals surface area contributed by atoms with Crippen LogP contribution in [0.4, 0.5) is 10.8 Å². The molecular formula is C13H10ClN3O3S. The number of nitrogens with one attached hydrogen (secondary N) is 1. The van der Waals surface area contributed by atoms with Crippen molar-refractivity contribution in [2.45, 2.75) is 19.3 Å². The van der Waals surface area contributed by atoms with Crippen LogP contribution in [0.1, 0.15) is 27.3 Å². The van der Waals surface area contributed by atoms with Gasteiger partial charge >= 0.3 is 5.69 Å². The van der Waals surface area contributed by atoms with E-state index >= 15 is 0 Å². The first-order valence-corrected chi connectivity index (χ1v) is 7.48. The molecule has 1 aliphatic carbocycles. The summed E-state index contributed by atoms with van der Waals surface area (Å²) < 4.78 is 0. The van der Waals surface area contributed by atoms with Crippen molar-refractivity contribution in [3.63, 3.8) is 0 Å². The third-order valence-corrected chi connectivity index (χ3v) is 4.61. The summed E-state index contributed by atoms with van der Waals surface area (Å²) in [5.74, 6) is -0.573. The fourth-order valence-electron chi connectivity index (χ4n) is 2.29. The number of carbonyl (C=O) groups excluding carboxylic acids is 1. The maximum atomic E-state index is 12.2. The predicted molar refractivity (Wildman–Crippen MR) is 80.2 cm³/mol. The van der Waals surface area contributed by atoms with Gasteiger partial charge in [0.05, 0.1) is 10.6 Å². The second kappa shape index (κ2) is 5.42. The molecule has 0 fully saturated rings. The number of aromatic nitrogens is 1. The molecule has 1 heterocycles. The number of anilines is 1. The number of halogens is 1. The third-order valence-electron chi connectivity index (χ3n) is 3.23. The van der Waals surface area contributed by atoms with Gasteiger partial charge in [0.1, 0.15) is 10.6 Å². The van der Waals surface area contributed by atoms with Crippen LogP contribution in [0, 0.1) is 10.1 Å². The molecular weight excluding hydrogens is 314 g/mol. The van der Waals surface area contributed by atoms with Crippen LogP contribution in [-0.4, -0.2) is 15.8 Å². The molecule has 21 heavy (non-hydrogen) atoms. The van der Waals surface area contributed by atoms with Gasteiger partial charge in [0.25, 0.3) is 5.91 Å². The van der Waals surface area contributed by atoms with Gasteiger partial charge in [-0.2, -0.15) is 0 Å². The highest BCUT2D eigenvalue weighted by molar-refractivity contribution is 7.16. The highest BCUT2D eigenvalue weighted by Crippen LogP contribution is 2.32. The Morgan fingerprint density at radius 2 is 2.24 bits per heavy atom. The largest absolute Gasteiger partial charge is 0.300 e. The van der Waals surface area contributed by atoms with Crippen molar-refractivity contribution < 1.29 is 9.72 Å². The zero-order valence-corrected chi connectivity index (χ0v) is 12.3. The van der Waals surface area contributed by atoms with Gasteiger partial charge in [0, 0.05) is 4.88 Å². The van der Waals surface area contributed by atoms with Crippen molar-refractivity contribution in [1.29, 1.82) is 0 Å². The first kappa shape index (κ1) is 14.0. The molecule has 0 saturated carbocycles. The van der Waals surface area contributed by atoms with Crippen molar-refractivity contribution in [2.75, 3.05) is 5.32 Å². The average Bonchev–Trinajstić information content (AvgIpc) is 2.98. The zero-order chi connectivity index (χ0) is 15.0. The van der Waals surface area contributed by atoms with Gasteiger partial charge in [0.2, 0.25) is 0 Å². The maximum Gasteiger partial charge on any atom is 0.300 e. The first-order valence-electron chi connectivity index (χ1n) is 6.29. The summed E-state index contributed by atoms with van der Waals surface area (Å²) in [7, 11) is 0. The second-order valence-corrected chi connectivity index (χ2v) is 6.08. The van der Waals surface area contributed by atoms with E-state index < -0.39 is 10.8 Å². The summed E-state index contributed by atoms with van der Waals surface area (Å²) >= 11 is 7.22. The highest BCUT2D eigenvalue weighted by atomic mass is 35.5. The lowest BCUT2D eigenvalue weighted by atomic mass is 10.1. The average molecular weight is 324 g/mol. The minimum atomic E-state index is -0.654. The quantitative estimate of drug-likeness (QED) is 0.692. The molecule has 1 amide bonds. The van der Waals surface area contributed by atoms with Crippen molar-refractivity contribution >= 4 is 39.7 Å². The number of benzene rings is 1. The van der Waals surface area contributed by atoms with Crippen molar-refractivity contribution in [3.8, 4) is 0 Å². The molecule has 1 aromatic heterocycles. The van der Waals surface area contributed by atoms with Gasteiger partial charge in [-0.25, -0.2) is 4.98 Å². The van der Waals surface area contributed by atoms with Crippen LogP contribution in [0.15, 0.2) is 18.2 Å². The van der Waals surface area contributed by atoms with Crippen LogP contribution in [0.2, 0.25) is 5.02 Å². The third kappa shape index (κ3) is 2.62. The van der Waals surface area contributed by atoms with E-state index in [2.05, 4.69) is 10.3 Å². The van der Waals surface area contributed by atoms with Gasteiger partial charge in [-0.15, -0.1) is 11.3 Å². The number of hydrogen-bond acceptors (Lipinski definition) is 5. The number of amides is 1. The van der Waals surface area contributed by atoms with Crippen molar-refractivity contribution in [1.82, 2.24) is 4.98 Å². The summed E-state index contributed by atoms with van der Waals surface area (Å²) in [4.78, 5) is 28.1. The molecule has 1 aromatic carbocycles. The molecule has 1 aliphatic rings.